The molecular formula is C13H16FNO4. The molecule has 0 unspecified atom stereocenters. The number of rotatable bonds is 2. The molecule has 0 aromatic heterocycles. The molecule has 0 fully saturated rings. The fourth-order valence-corrected chi connectivity index (χ4v) is 1.65. The molecule has 5 nitrogen and oxygen atoms in total. The Kier molecular flexibility index (Phi) is 3.50. The minimum absolute atomic E-state index is 0.0206. The molecule has 1 N–H and O–H groups in total. The molecule has 6 heteroatoms. The number of benzene rings is 1. The molecular weight excluding hydrogens is 253 g/mol. The number of carbonyl (C=O) groups excluding carboxylic acids is 1. The van der Waals surface area contributed by atoms with Crippen molar-refractivity contribution in [1.82, 2.24) is 5.32 Å². The molecule has 1 aromatic rings. The molecule has 19 heavy (non-hydrogen) atoms. The summed E-state index contributed by atoms with van der Waals surface area (Å²) in [4.78, 5) is 11.5. The van der Waals surface area contributed by atoms with Crippen LogP contribution in [0.3, 0.4) is 0 Å². The van der Waals surface area contributed by atoms with E-state index in [9.17, 15) is 9.18 Å². The highest BCUT2D eigenvalue weighted by Crippen LogP contribution is 2.36. The van der Waals surface area contributed by atoms with E-state index in [1.165, 1.54) is 12.1 Å². The highest BCUT2D eigenvalue weighted by Gasteiger charge is 2.22. The summed E-state index contributed by atoms with van der Waals surface area (Å²) in [6.45, 7) is 5.30. The summed E-state index contributed by atoms with van der Waals surface area (Å²) in [6, 6.07) is 2.77. The lowest BCUT2D eigenvalue weighted by Crippen LogP contribution is -2.32. The number of amides is 1. The number of alkyl carbamates (subject to hydrolysis) is 1. The van der Waals surface area contributed by atoms with Crippen molar-refractivity contribution in [3.63, 3.8) is 0 Å². The second kappa shape index (κ2) is 4.95. The van der Waals surface area contributed by atoms with E-state index >= 15 is 0 Å². The third-order valence-electron chi connectivity index (χ3n) is 2.39. The van der Waals surface area contributed by atoms with Gasteiger partial charge in [-0.25, -0.2) is 9.18 Å². The second-order valence-corrected chi connectivity index (χ2v) is 5.12. The van der Waals surface area contributed by atoms with Crippen molar-refractivity contribution < 1.29 is 23.4 Å². The van der Waals surface area contributed by atoms with Gasteiger partial charge in [-0.1, -0.05) is 0 Å². The fraction of sp³-hybridized carbons (Fsp3) is 0.462. The highest BCUT2D eigenvalue weighted by atomic mass is 19.1. The maximum Gasteiger partial charge on any atom is 0.407 e. The third-order valence-corrected chi connectivity index (χ3v) is 2.39. The average molecular weight is 269 g/mol. The number of halogens is 1. The topological polar surface area (TPSA) is 56.8 Å². The van der Waals surface area contributed by atoms with Crippen LogP contribution in [0, 0.1) is 5.82 Å². The van der Waals surface area contributed by atoms with E-state index in [1.807, 2.05) is 0 Å². The number of carbonyl (C=O) groups is 1. The van der Waals surface area contributed by atoms with E-state index < -0.39 is 17.5 Å². The molecule has 0 saturated carbocycles. The standard InChI is InChI=1S/C13H16FNO4/c1-13(2,3)19-12(16)15-6-8-9(14)4-5-10-11(8)18-7-17-10/h4-5H,6-7H2,1-3H3,(H,15,16). The van der Waals surface area contributed by atoms with Crippen molar-refractivity contribution >= 4 is 6.09 Å². The highest BCUT2D eigenvalue weighted by molar-refractivity contribution is 5.68. The Labute approximate surface area is 110 Å². The molecule has 0 bridgehead atoms. The zero-order chi connectivity index (χ0) is 14.0. The van der Waals surface area contributed by atoms with E-state index in [2.05, 4.69) is 5.32 Å². The van der Waals surface area contributed by atoms with Gasteiger partial charge in [0.05, 0.1) is 12.1 Å². The molecule has 0 saturated heterocycles. The van der Waals surface area contributed by atoms with Gasteiger partial charge in [0.25, 0.3) is 0 Å². The maximum atomic E-state index is 13.7. The summed E-state index contributed by atoms with van der Waals surface area (Å²) in [5.74, 6) is 0.346. The van der Waals surface area contributed by atoms with E-state index in [0.717, 1.165) is 0 Å². The van der Waals surface area contributed by atoms with Crippen LogP contribution in [0.5, 0.6) is 11.5 Å². The lowest BCUT2D eigenvalue weighted by Gasteiger charge is -2.19. The predicted molar refractivity (Wildman–Crippen MR) is 65.6 cm³/mol. The molecule has 0 spiro atoms. The minimum atomic E-state index is -0.608. The van der Waals surface area contributed by atoms with Crippen LogP contribution >= 0.6 is 0 Å². The molecule has 1 heterocycles. The first-order chi connectivity index (χ1) is 8.87. The van der Waals surface area contributed by atoms with Gasteiger partial charge in [-0.05, 0) is 32.9 Å². The second-order valence-electron chi connectivity index (χ2n) is 5.12. The smallest absolute Gasteiger partial charge is 0.407 e. The zero-order valence-electron chi connectivity index (χ0n) is 11.1. The summed E-state index contributed by atoms with van der Waals surface area (Å²) < 4.78 is 29.1. The Hall–Kier alpha value is -1.98. The van der Waals surface area contributed by atoms with Gasteiger partial charge in [0, 0.05) is 0 Å². The fourth-order valence-electron chi connectivity index (χ4n) is 1.65. The Morgan fingerprint density at radius 1 is 1.42 bits per heavy atom. The molecule has 1 aliphatic heterocycles. The summed E-state index contributed by atoms with van der Waals surface area (Å²) >= 11 is 0. The van der Waals surface area contributed by atoms with Crippen LogP contribution in [0.2, 0.25) is 0 Å². The van der Waals surface area contributed by atoms with Crippen LogP contribution in [0.25, 0.3) is 0 Å². The van der Waals surface area contributed by atoms with Gasteiger partial charge in [-0.15, -0.1) is 0 Å². The van der Waals surface area contributed by atoms with E-state index in [0.29, 0.717) is 11.5 Å². The average Bonchev–Trinajstić information content (AvgIpc) is 2.73. The Balaban J connectivity index is 2.04. The molecule has 0 aliphatic carbocycles. The van der Waals surface area contributed by atoms with Crippen molar-refractivity contribution in [1.29, 1.82) is 0 Å². The van der Waals surface area contributed by atoms with E-state index in [-0.39, 0.29) is 18.9 Å². The first kappa shape index (κ1) is 13.5. The van der Waals surface area contributed by atoms with E-state index in [4.69, 9.17) is 14.2 Å². The summed E-state index contributed by atoms with van der Waals surface area (Å²) in [7, 11) is 0. The van der Waals surface area contributed by atoms with Crippen LogP contribution in [0.4, 0.5) is 9.18 Å². The molecule has 1 aliphatic rings. The van der Waals surface area contributed by atoms with Crippen molar-refractivity contribution in [3.05, 3.63) is 23.5 Å². The molecule has 1 amide bonds. The normalized spacial score (nSPS) is 13.3. The summed E-state index contributed by atoms with van der Waals surface area (Å²) in [5, 5.41) is 2.49. The van der Waals surface area contributed by atoms with Crippen molar-refractivity contribution in [3.8, 4) is 11.5 Å². The van der Waals surface area contributed by atoms with Gasteiger partial charge >= 0.3 is 6.09 Å². The first-order valence-corrected chi connectivity index (χ1v) is 5.90. The number of hydrogen-bond donors (Lipinski definition) is 1. The van der Waals surface area contributed by atoms with Crippen molar-refractivity contribution in [2.24, 2.45) is 0 Å². The van der Waals surface area contributed by atoms with Crippen LogP contribution in [-0.2, 0) is 11.3 Å². The number of fused-ring (bicyclic) bond motifs is 1. The number of nitrogens with one attached hydrogen (secondary N) is 1. The van der Waals surface area contributed by atoms with Crippen molar-refractivity contribution in [2.75, 3.05) is 6.79 Å². The quantitative estimate of drug-likeness (QED) is 0.896. The first-order valence-electron chi connectivity index (χ1n) is 5.90. The SMILES string of the molecule is CC(C)(C)OC(=O)NCc1c(F)ccc2c1OCO2. The van der Waals surface area contributed by atoms with Crippen LogP contribution in [-0.4, -0.2) is 18.5 Å². The van der Waals surface area contributed by atoms with Gasteiger partial charge in [0.1, 0.15) is 11.4 Å². The lowest BCUT2D eigenvalue weighted by atomic mass is 10.1. The maximum absolute atomic E-state index is 13.7. The lowest BCUT2D eigenvalue weighted by molar-refractivity contribution is 0.0523. The third kappa shape index (κ3) is 3.27. The predicted octanol–water partition coefficient (Wildman–Crippen LogP) is 2.58. The molecule has 1 aromatic carbocycles. The Bertz CT molecular complexity index is 496. The number of hydrogen-bond acceptors (Lipinski definition) is 4. The molecule has 0 atom stereocenters. The van der Waals surface area contributed by atoms with Gasteiger partial charge in [0.2, 0.25) is 6.79 Å². The van der Waals surface area contributed by atoms with Crippen LogP contribution < -0.4 is 14.8 Å². The van der Waals surface area contributed by atoms with E-state index in [1.54, 1.807) is 20.8 Å². The van der Waals surface area contributed by atoms with Crippen LogP contribution in [0.15, 0.2) is 12.1 Å². The Morgan fingerprint density at radius 3 is 2.84 bits per heavy atom. The molecule has 2 rings (SSSR count). The van der Waals surface area contributed by atoms with Gasteiger partial charge < -0.3 is 19.5 Å². The minimum Gasteiger partial charge on any atom is -0.454 e. The van der Waals surface area contributed by atoms with Gasteiger partial charge in [-0.3, -0.25) is 0 Å². The molecule has 0 radical (unpaired) electrons. The summed E-state index contributed by atoms with van der Waals surface area (Å²) in [5.41, 5.74) is -0.346. The van der Waals surface area contributed by atoms with Gasteiger partial charge in [0.15, 0.2) is 11.5 Å². The Morgan fingerprint density at radius 2 is 2.16 bits per heavy atom. The largest absolute Gasteiger partial charge is 0.454 e. The monoisotopic (exact) mass is 269 g/mol. The zero-order valence-corrected chi connectivity index (χ0v) is 11.1. The molecule has 104 valence electrons. The van der Waals surface area contributed by atoms with Crippen LogP contribution in [0.1, 0.15) is 26.3 Å². The number of ether oxygens (including phenoxy) is 3. The summed E-state index contributed by atoms with van der Waals surface area (Å²) in [6.07, 6.45) is -0.608. The van der Waals surface area contributed by atoms with Gasteiger partial charge in [-0.2, -0.15) is 0 Å². The van der Waals surface area contributed by atoms with Crippen molar-refractivity contribution in [2.45, 2.75) is 32.9 Å².